The first-order chi connectivity index (χ1) is 3.41. The zero-order valence-corrected chi connectivity index (χ0v) is 9.94. The Balaban J connectivity index is -0.0000000800. The van der Waals surface area contributed by atoms with Crippen LogP contribution in [0.3, 0.4) is 0 Å². The molecule has 0 amide bonds. The molecule has 0 aromatic heterocycles. The zero-order chi connectivity index (χ0) is 7.21. The van der Waals surface area contributed by atoms with Crippen LogP contribution >= 0.6 is 0 Å². The van der Waals surface area contributed by atoms with Gasteiger partial charge in [-0.2, -0.15) is 0 Å². The first kappa shape index (κ1) is 16.5. The molecule has 0 fully saturated rings. The van der Waals surface area contributed by atoms with Gasteiger partial charge in [0.25, 0.3) is 0 Å². The Labute approximate surface area is 72.6 Å². The van der Waals surface area contributed by atoms with Gasteiger partial charge in [0.2, 0.25) is 0 Å². The number of halogens is 1. The van der Waals surface area contributed by atoms with Crippen molar-refractivity contribution in [1.29, 1.82) is 0 Å². The maximum atomic E-state index is 9.08. The van der Waals surface area contributed by atoms with E-state index in [0.717, 1.165) is 0 Å². The van der Waals surface area contributed by atoms with Crippen molar-refractivity contribution in [3.05, 3.63) is 0 Å². The van der Waals surface area contributed by atoms with Crippen molar-refractivity contribution in [2.24, 2.45) is 0 Å². The molecule has 0 radical (unpaired) electrons. The summed E-state index contributed by atoms with van der Waals surface area (Å²) in [6.45, 7) is 0. The van der Waals surface area contributed by atoms with Crippen molar-refractivity contribution in [1.82, 2.24) is 0 Å². The largest absolute Gasteiger partial charge is 1.00 e. The number of hydrogen-bond donors (Lipinski definition) is 0. The second-order valence-corrected chi connectivity index (χ2v) is 5.47. The quantitative estimate of drug-likeness (QED) is 0.350. The first-order valence-corrected chi connectivity index (χ1v) is 9.43. The Hall–Kier alpha value is 0.999. The van der Waals surface area contributed by atoms with Crippen molar-refractivity contribution >= 4 is 31.3 Å². The molecule has 3 nitrogen and oxygen atoms in total. The van der Waals surface area contributed by atoms with Crippen molar-refractivity contribution in [3.63, 3.8) is 0 Å². The Morgan fingerprint density at radius 3 is 1.33 bits per heavy atom. The van der Waals surface area contributed by atoms with E-state index in [-0.39, 0.29) is 33.5 Å². The third kappa shape index (κ3) is 442. The summed E-state index contributed by atoms with van der Waals surface area (Å²) in [5, 5.41) is 0. The molecular weight excluding hydrogens is 270 g/mol. The normalized spacial score (nSPS) is 7.56. The van der Waals surface area contributed by atoms with Gasteiger partial charge in [-0.25, -0.2) is 8.42 Å². The standard InChI is InChI=1S/CH4O3S.2CH3.ClH.Sn/c1-5(2,3)4;;;;/h1H3,(H,2,3,4);2*1H3;1H;/q;;;;+2/p-2. The molecule has 0 unspecified atom stereocenters. The molecule has 0 aliphatic rings. The Kier molecular flexibility index (Phi) is 16.5. The van der Waals surface area contributed by atoms with Crippen molar-refractivity contribution in [3.8, 4) is 0 Å². The van der Waals surface area contributed by atoms with Crippen LogP contribution in [0.15, 0.2) is 0 Å². The summed E-state index contributed by atoms with van der Waals surface area (Å²) in [6, 6.07) is 0. The van der Waals surface area contributed by atoms with Crippen LogP contribution in [0.5, 0.6) is 0 Å². The van der Waals surface area contributed by atoms with Gasteiger partial charge in [-0.1, -0.05) is 0 Å². The predicted molar refractivity (Wildman–Crippen MR) is 33.1 cm³/mol. The summed E-state index contributed by atoms with van der Waals surface area (Å²) >= 11 is 0.230. The molecule has 6 heteroatoms. The van der Waals surface area contributed by atoms with E-state index in [0.29, 0.717) is 6.26 Å². The van der Waals surface area contributed by atoms with Gasteiger partial charge in [-0.3, -0.25) is 0 Å². The van der Waals surface area contributed by atoms with Crippen molar-refractivity contribution < 1.29 is 25.4 Å². The molecule has 0 rings (SSSR count). The average Bonchev–Trinajstić information content (AvgIpc) is 1.27. The molecule has 0 N–H and O–H groups in total. The fraction of sp³-hybridized carbons (Fsp3) is 1.00. The van der Waals surface area contributed by atoms with E-state index in [1.807, 2.05) is 0 Å². The molecule has 9 heavy (non-hydrogen) atoms. The second kappa shape index (κ2) is 9.00. The van der Waals surface area contributed by atoms with E-state index in [1.54, 1.807) is 0 Å². The number of rotatable bonds is 0. The molecule has 0 aliphatic heterocycles. The molecule has 0 aromatic carbocycles. The molecule has 0 saturated heterocycles. The fourth-order valence-electron chi connectivity index (χ4n) is 0. The van der Waals surface area contributed by atoms with Crippen molar-refractivity contribution in [2.45, 2.75) is 9.88 Å². The summed E-state index contributed by atoms with van der Waals surface area (Å²) in [5.74, 6) is 0. The fourth-order valence-corrected chi connectivity index (χ4v) is 0. The van der Waals surface area contributed by atoms with Gasteiger partial charge in [0, 0.05) is 6.26 Å². The third-order valence-electron chi connectivity index (χ3n) is 0. The monoisotopic (exact) mass is 280 g/mol. The van der Waals surface area contributed by atoms with Gasteiger partial charge in [0.05, 0.1) is 10.1 Å². The van der Waals surface area contributed by atoms with Gasteiger partial charge >= 0.3 is 31.0 Å². The first-order valence-electron chi connectivity index (χ1n) is 1.91. The third-order valence-corrected chi connectivity index (χ3v) is 0. The molecule has 0 atom stereocenters. The number of hydrogen-bond acceptors (Lipinski definition) is 3. The summed E-state index contributed by atoms with van der Waals surface area (Å²) in [7, 11) is -3.92. The molecule has 0 aliphatic carbocycles. The molecule has 0 saturated carbocycles. The zero-order valence-electron chi connectivity index (χ0n) is 5.51. The van der Waals surface area contributed by atoms with Crippen LogP contribution < -0.4 is 12.4 Å². The topological polar surface area (TPSA) is 57.2 Å². The van der Waals surface area contributed by atoms with E-state index in [1.165, 1.54) is 0 Å². The van der Waals surface area contributed by atoms with Gasteiger partial charge < -0.3 is 17.0 Å². The van der Waals surface area contributed by atoms with Crippen LogP contribution in [-0.2, 0) is 10.1 Å². The van der Waals surface area contributed by atoms with Gasteiger partial charge in [0.15, 0.2) is 0 Å². The van der Waals surface area contributed by atoms with E-state index < -0.39 is 10.1 Å². The van der Waals surface area contributed by atoms with Crippen LogP contribution in [0.2, 0.25) is 9.88 Å². The average molecular weight is 279 g/mol. The van der Waals surface area contributed by atoms with E-state index >= 15 is 0 Å². The van der Waals surface area contributed by atoms with Gasteiger partial charge in [-0.05, 0) is 0 Å². The maximum Gasteiger partial charge on any atom is -1.00 e. The van der Waals surface area contributed by atoms with Crippen LogP contribution in [0.4, 0.5) is 0 Å². The smallest absolute Gasteiger partial charge is 1.00 e. The SMILES string of the molecule is CS(=O)(=O)[O-].[CH3][Sn+2][CH3].[Cl-]. The van der Waals surface area contributed by atoms with E-state index in [2.05, 4.69) is 9.88 Å². The van der Waals surface area contributed by atoms with E-state index in [4.69, 9.17) is 13.0 Å². The Morgan fingerprint density at radius 1 is 1.33 bits per heavy atom. The van der Waals surface area contributed by atoms with Crippen LogP contribution in [-0.4, -0.2) is 40.4 Å². The molecule has 0 spiro atoms. The molecule has 56 valence electrons. The molecule has 0 aromatic rings. The van der Waals surface area contributed by atoms with E-state index in [9.17, 15) is 0 Å². The summed E-state index contributed by atoms with van der Waals surface area (Å²) in [6.07, 6.45) is 0.604. The minimum atomic E-state index is -3.92. The minimum absolute atomic E-state index is 0. The van der Waals surface area contributed by atoms with Crippen LogP contribution in [0.25, 0.3) is 0 Å². The minimum Gasteiger partial charge on any atom is -1.00 e. The summed E-state index contributed by atoms with van der Waals surface area (Å²) in [5.41, 5.74) is 0. The molecule has 0 bridgehead atoms. The van der Waals surface area contributed by atoms with Crippen LogP contribution in [0, 0.1) is 0 Å². The molecular formula is C3H9ClO3SSn. The van der Waals surface area contributed by atoms with Gasteiger partial charge in [0.1, 0.15) is 0 Å². The Bertz CT molecular complexity index is 113. The Morgan fingerprint density at radius 2 is 1.33 bits per heavy atom. The second-order valence-electron chi connectivity index (χ2n) is 1.20. The summed E-state index contributed by atoms with van der Waals surface area (Å²) in [4.78, 5) is 4.59. The van der Waals surface area contributed by atoms with Crippen LogP contribution in [0.1, 0.15) is 0 Å². The predicted octanol–water partition coefficient (Wildman–Crippen LogP) is -3.05. The summed E-state index contributed by atoms with van der Waals surface area (Å²) < 4.78 is 27.2. The molecule has 0 heterocycles. The van der Waals surface area contributed by atoms with Crippen molar-refractivity contribution in [2.75, 3.05) is 6.26 Å². The van der Waals surface area contributed by atoms with Gasteiger partial charge in [-0.15, -0.1) is 0 Å². The maximum absolute atomic E-state index is 9.08.